The van der Waals surface area contributed by atoms with Gasteiger partial charge >= 0.3 is 0 Å². The highest BCUT2D eigenvalue weighted by atomic mass is 16.8. The second-order valence-electron chi connectivity index (χ2n) is 7.37. The number of ether oxygens (including phenoxy) is 4. The van der Waals surface area contributed by atoms with Crippen molar-refractivity contribution in [1.29, 1.82) is 0 Å². The SMILES string of the molecule is COCOc1ccc(N2C[C@H]3OC(C)(C)O[C@H]3C2=O)nc1Cc1ccccc1. The van der Waals surface area contributed by atoms with Crippen LogP contribution < -0.4 is 9.64 Å². The molecule has 1 amide bonds. The van der Waals surface area contributed by atoms with Gasteiger partial charge in [-0.25, -0.2) is 4.98 Å². The molecule has 1 aromatic heterocycles. The number of carbonyl (C=O) groups is 1. The van der Waals surface area contributed by atoms with E-state index in [2.05, 4.69) is 0 Å². The summed E-state index contributed by atoms with van der Waals surface area (Å²) in [7, 11) is 1.57. The van der Waals surface area contributed by atoms with Gasteiger partial charge < -0.3 is 18.9 Å². The topological polar surface area (TPSA) is 70.1 Å². The molecule has 2 aliphatic rings. The number of hydrogen-bond donors (Lipinski definition) is 0. The first-order valence-electron chi connectivity index (χ1n) is 9.29. The number of anilines is 1. The second-order valence-corrected chi connectivity index (χ2v) is 7.37. The van der Waals surface area contributed by atoms with Gasteiger partial charge in [0.25, 0.3) is 5.91 Å². The van der Waals surface area contributed by atoms with Crippen molar-refractivity contribution < 1.29 is 23.7 Å². The third kappa shape index (κ3) is 3.73. The van der Waals surface area contributed by atoms with E-state index in [1.165, 1.54) is 0 Å². The molecule has 0 radical (unpaired) electrons. The molecule has 0 saturated carbocycles. The van der Waals surface area contributed by atoms with Gasteiger partial charge in [0.15, 0.2) is 18.7 Å². The van der Waals surface area contributed by atoms with E-state index in [4.69, 9.17) is 23.9 Å². The lowest BCUT2D eigenvalue weighted by molar-refractivity contribution is -0.157. The van der Waals surface area contributed by atoms with Crippen LogP contribution in [0, 0.1) is 0 Å². The second kappa shape index (κ2) is 7.50. The van der Waals surface area contributed by atoms with Gasteiger partial charge in [-0.3, -0.25) is 9.69 Å². The molecule has 7 heteroatoms. The van der Waals surface area contributed by atoms with Crippen molar-refractivity contribution in [1.82, 2.24) is 4.98 Å². The maximum absolute atomic E-state index is 12.8. The van der Waals surface area contributed by atoms with Crippen molar-refractivity contribution >= 4 is 11.7 Å². The predicted molar refractivity (Wildman–Crippen MR) is 102 cm³/mol. The molecule has 148 valence electrons. The summed E-state index contributed by atoms with van der Waals surface area (Å²) in [5.41, 5.74) is 1.85. The molecule has 2 saturated heterocycles. The Morgan fingerprint density at radius 1 is 1.18 bits per heavy atom. The third-order valence-electron chi connectivity index (χ3n) is 4.80. The summed E-state index contributed by atoms with van der Waals surface area (Å²) < 4.78 is 22.3. The largest absolute Gasteiger partial charge is 0.466 e. The van der Waals surface area contributed by atoms with Crippen LogP contribution in [-0.4, -0.2) is 49.3 Å². The molecule has 28 heavy (non-hydrogen) atoms. The zero-order chi connectivity index (χ0) is 19.7. The summed E-state index contributed by atoms with van der Waals surface area (Å²) in [5.74, 6) is 0.343. The fourth-order valence-electron chi connectivity index (χ4n) is 3.61. The molecule has 7 nitrogen and oxygen atoms in total. The van der Waals surface area contributed by atoms with Crippen LogP contribution in [0.15, 0.2) is 42.5 Å². The zero-order valence-electron chi connectivity index (χ0n) is 16.3. The summed E-state index contributed by atoms with van der Waals surface area (Å²) in [6.45, 7) is 4.19. The Labute approximate surface area is 164 Å². The van der Waals surface area contributed by atoms with Crippen molar-refractivity contribution in [2.24, 2.45) is 0 Å². The van der Waals surface area contributed by atoms with Crippen molar-refractivity contribution in [3.63, 3.8) is 0 Å². The van der Waals surface area contributed by atoms with Gasteiger partial charge in [0, 0.05) is 13.5 Å². The Kier molecular flexibility index (Phi) is 5.05. The number of hydrogen-bond acceptors (Lipinski definition) is 6. The van der Waals surface area contributed by atoms with E-state index in [0.717, 1.165) is 11.3 Å². The smallest absolute Gasteiger partial charge is 0.260 e. The number of fused-ring (bicyclic) bond motifs is 1. The van der Waals surface area contributed by atoms with Crippen LogP contribution >= 0.6 is 0 Å². The monoisotopic (exact) mass is 384 g/mol. The lowest BCUT2D eigenvalue weighted by atomic mass is 10.1. The Bertz CT molecular complexity index is 855. The average Bonchev–Trinajstić information content (AvgIpc) is 3.14. The standard InChI is InChI=1S/C21H24N2O5/c1-21(2)27-17-12-23(20(24)19(17)28-21)18-10-9-16(26-13-25-3)15(22-18)11-14-7-5-4-6-8-14/h4-10,17,19H,11-13H2,1-3H3/t17-,19-/m1/s1. The molecule has 2 atom stereocenters. The number of rotatable bonds is 6. The van der Waals surface area contributed by atoms with Gasteiger partial charge in [-0.15, -0.1) is 0 Å². The van der Waals surface area contributed by atoms with Crippen molar-refractivity contribution in [3.05, 3.63) is 53.7 Å². The lowest BCUT2D eigenvalue weighted by Gasteiger charge is -2.23. The highest BCUT2D eigenvalue weighted by molar-refractivity contribution is 5.99. The number of pyridine rings is 1. The van der Waals surface area contributed by atoms with Crippen LogP contribution in [0.1, 0.15) is 25.1 Å². The molecule has 3 heterocycles. The number of amides is 1. The molecule has 4 rings (SSSR count). The molecule has 2 aromatic rings. The minimum absolute atomic E-state index is 0.126. The van der Waals surface area contributed by atoms with Crippen LogP contribution in [-0.2, 0) is 25.4 Å². The normalized spacial score (nSPS) is 23.1. The van der Waals surface area contributed by atoms with E-state index in [-0.39, 0.29) is 18.8 Å². The fraction of sp³-hybridized carbons (Fsp3) is 0.429. The van der Waals surface area contributed by atoms with E-state index in [0.29, 0.717) is 24.5 Å². The Balaban J connectivity index is 1.60. The van der Waals surface area contributed by atoms with Crippen LogP contribution in [0.3, 0.4) is 0 Å². The molecule has 2 fully saturated rings. The number of methoxy groups -OCH3 is 1. The summed E-state index contributed by atoms with van der Waals surface area (Å²) in [4.78, 5) is 19.2. The Morgan fingerprint density at radius 3 is 2.68 bits per heavy atom. The molecular formula is C21H24N2O5. The van der Waals surface area contributed by atoms with E-state index >= 15 is 0 Å². The van der Waals surface area contributed by atoms with E-state index in [1.54, 1.807) is 18.1 Å². The van der Waals surface area contributed by atoms with Crippen LogP contribution in [0.4, 0.5) is 5.82 Å². The van der Waals surface area contributed by atoms with E-state index in [1.807, 2.05) is 50.2 Å². The van der Waals surface area contributed by atoms with Gasteiger partial charge in [0.2, 0.25) is 0 Å². The maximum atomic E-state index is 12.8. The summed E-state index contributed by atoms with van der Waals surface area (Å²) in [5, 5.41) is 0. The first-order chi connectivity index (χ1) is 13.5. The number of nitrogens with zero attached hydrogens (tertiary/aromatic N) is 2. The fourth-order valence-corrected chi connectivity index (χ4v) is 3.61. The summed E-state index contributed by atoms with van der Waals surface area (Å²) >= 11 is 0. The van der Waals surface area contributed by atoms with Gasteiger partial charge in [-0.1, -0.05) is 30.3 Å². The quantitative estimate of drug-likeness (QED) is 0.713. The summed E-state index contributed by atoms with van der Waals surface area (Å²) in [6, 6.07) is 13.6. The number of aromatic nitrogens is 1. The van der Waals surface area contributed by atoms with Crippen LogP contribution in [0.25, 0.3) is 0 Å². The highest BCUT2D eigenvalue weighted by Crippen LogP contribution is 2.36. The Morgan fingerprint density at radius 2 is 1.96 bits per heavy atom. The summed E-state index contributed by atoms with van der Waals surface area (Å²) in [6.07, 6.45) is -0.284. The number of carbonyl (C=O) groups excluding carboxylic acids is 1. The lowest BCUT2D eigenvalue weighted by Crippen LogP contribution is -2.34. The van der Waals surface area contributed by atoms with Crippen molar-refractivity contribution in [2.45, 2.75) is 38.3 Å². The van der Waals surface area contributed by atoms with Gasteiger partial charge in [-0.05, 0) is 31.5 Å². The third-order valence-corrected chi connectivity index (χ3v) is 4.80. The zero-order valence-corrected chi connectivity index (χ0v) is 16.3. The molecule has 0 spiro atoms. The molecule has 1 aromatic carbocycles. The average molecular weight is 384 g/mol. The molecule has 2 aliphatic heterocycles. The molecule has 0 unspecified atom stereocenters. The van der Waals surface area contributed by atoms with Gasteiger partial charge in [-0.2, -0.15) is 0 Å². The predicted octanol–water partition coefficient (Wildman–Crippen LogP) is 2.52. The van der Waals surface area contributed by atoms with Crippen LogP contribution in [0.2, 0.25) is 0 Å². The molecule has 0 bridgehead atoms. The molecule has 0 N–H and O–H groups in total. The first kappa shape index (κ1) is 18.9. The minimum Gasteiger partial charge on any atom is -0.466 e. The molecular weight excluding hydrogens is 360 g/mol. The van der Waals surface area contributed by atoms with Gasteiger partial charge in [0.1, 0.15) is 17.7 Å². The van der Waals surface area contributed by atoms with Crippen LogP contribution in [0.5, 0.6) is 5.75 Å². The maximum Gasteiger partial charge on any atom is 0.260 e. The first-order valence-corrected chi connectivity index (χ1v) is 9.29. The van der Waals surface area contributed by atoms with Crippen molar-refractivity contribution in [3.8, 4) is 5.75 Å². The minimum atomic E-state index is -0.735. The van der Waals surface area contributed by atoms with Gasteiger partial charge in [0.05, 0.1) is 12.2 Å². The number of benzene rings is 1. The van der Waals surface area contributed by atoms with E-state index in [9.17, 15) is 4.79 Å². The van der Waals surface area contributed by atoms with E-state index < -0.39 is 11.9 Å². The Hall–Kier alpha value is -2.48. The molecule has 0 aliphatic carbocycles. The highest BCUT2D eigenvalue weighted by Gasteiger charge is 2.52. The van der Waals surface area contributed by atoms with Crippen molar-refractivity contribution in [2.75, 3.05) is 25.3 Å².